The van der Waals surface area contributed by atoms with Crippen LogP contribution in [0.25, 0.3) is 0 Å². The summed E-state index contributed by atoms with van der Waals surface area (Å²) < 4.78 is 26.2. The van der Waals surface area contributed by atoms with E-state index in [0.717, 1.165) is 12.2 Å². The normalized spacial score (nSPS) is 12.4. The number of rotatable bonds is 8. The molecule has 1 aromatic carbocycles. The maximum atomic E-state index is 11.9. The van der Waals surface area contributed by atoms with Gasteiger partial charge in [-0.2, -0.15) is 0 Å². The van der Waals surface area contributed by atoms with Crippen molar-refractivity contribution < 1.29 is 8.42 Å². The van der Waals surface area contributed by atoms with Crippen LogP contribution in [0, 0.1) is 17.8 Å². The molecule has 0 aliphatic heterocycles. The maximum Gasteiger partial charge on any atom is 0.240 e. The zero-order chi connectivity index (χ0) is 16.0. The first kappa shape index (κ1) is 18.0. The molecule has 0 amide bonds. The van der Waals surface area contributed by atoms with Gasteiger partial charge in [-0.3, -0.25) is 0 Å². The fourth-order valence-corrected chi connectivity index (χ4v) is 3.54. The fraction of sp³-hybridized carbons (Fsp3) is 0.625. The second-order valence-corrected chi connectivity index (χ2v) is 7.83. The number of anilines is 1. The summed E-state index contributed by atoms with van der Waals surface area (Å²) in [5, 5.41) is 3.40. The highest BCUT2D eigenvalue weighted by atomic mass is 32.2. The van der Waals surface area contributed by atoms with Gasteiger partial charge >= 0.3 is 0 Å². The van der Waals surface area contributed by atoms with E-state index in [1.807, 2.05) is 12.1 Å². The van der Waals surface area contributed by atoms with Gasteiger partial charge in [-0.15, -0.1) is 0 Å². The highest BCUT2D eigenvalue weighted by Crippen LogP contribution is 2.22. The minimum atomic E-state index is -3.36. The summed E-state index contributed by atoms with van der Waals surface area (Å²) in [6, 6.07) is 6.92. The zero-order valence-electron chi connectivity index (χ0n) is 13.7. The lowest BCUT2D eigenvalue weighted by Gasteiger charge is -2.25. The van der Waals surface area contributed by atoms with Crippen LogP contribution in [-0.4, -0.2) is 21.5 Å². The molecule has 0 fully saturated rings. The van der Waals surface area contributed by atoms with E-state index in [-0.39, 0.29) is 0 Å². The largest absolute Gasteiger partial charge is 0.385 e. The summed E-state index contributed by atoms with van der Waals surface area (Å²) in [6.45, 7) is 12.0. The van der Waals surface area contributed by atoms with E-state index in [4.69, 9.17) is 0 Å². The van der Waals surface area contributed by atoms with Crippen molar-refractivity contribution in [2.45, 2.75) is 39.5 Å². The van der Waals surface area contributed by atoms with Gasteiger partial charge < -0.3 is 5.32 Å². The van der Waals surface area contributed by atoms with Crippen molar-refractivity contribution in [2.75, 3.05) is 18.4 Å². The third-order valence-electron chi connectivity index (χ3n) is 3.75. The van der Waals surface area contributed by atoms with Gasteiger partial charge in [0, 0.05) is 18.8 Å². The quantitative estimate of drug-likeness (QED) is 0.774. The van der Waals surface area contributed by atoms with Gasteiger partial charge in [0.2, 0.25) is 10.0 Å². The summed E-state index contributed by atoms with van der Waals surface area (Å²) in [7, 11) is -3.36. The SMILES string of the molecule is CCNS(=O)(=O)c1ccc(NCC(C(C)C)C(C)C)cc1. The van der Waals surface area contributed by atoms with Crippen molar-refractivity contribution >= 4 is 15.7 Å². The van der Waals surface area contributed by atoms with Crippen LogP contribution in [0.2, 0.25) is 0 Å². The molecule has 1 rings (SSSR count). The summed E-state index contributed by atoms with van der Waals surface area (Å²) in [5.41, 5.74) is 0.955. The third kappa shape index (κ3) is 5.32. The van der Waals surface area contributed by atoms with Crippen LogP contribution in [0.1, 0.15) is 34.6 Å². The van der Waals surface area contributed by atoms with E-state index < -0.39 is 10.0 Å². The Morgan fingerprint density at radius 3 is 1.95 bits per heavy atom. The molecule has 0 aromatic heterocycles. The predicted octanol–water partition coefficient (Wildman–Crippen LogP) is 3.32. The maximum absolute atomic E-state index is 11.9. The molecule has 21 heavy (non-hydrogen) atoms. The molecule has 5 heteroatoms. The Morgan fingerprint density at radius 1 is 1.00 bits per heavy atom. The van der Waals surface area contributed by atoms with Crippen LogP contribution in [0.3, 0.4) is 0 Å². The standard InChI is InChI=1S/C16H28N2O2S/c1-6-18-21(19,20)15-9-7-14(8-10-15)17-11-16(12(2)3)13(4)5/h7-10,12-13,16-18H,6,11H2,1-5H3. The van der Waals surface area contributed by atoms with Crippen molar-refractivity contribution in [1.82, 2.24) is 4.72 Å². The van der Waals surface area contributed by atoms with Gasteiger partial charge in [0.05, 0.1) is 4.90 Å². The highest BCUT2D eigenvalue weighted by molar-refractivity contribution is 7.89. The van der Waals surface area contributed by atoms with E-state index in [1.54, 1.807) is 19.1 Å². The average Bonchev–Trinajstić information content (AvgIpc) is 2.38. The first-order valence-corrected chi connectivity index (χ1v) is 9.09. The van der Waals surface area contributed by atoms with Crippen LogP contribution < -0.4 is 10.0 Å². The molecule has 0 aliphatic carbocycles. The van der Waals surface area contributed by atoms with E-state index in [1.165, 1.54) is 0 Å². The molecule has 0 aliphatic rings. The molecule has 4 nitrogen and oxygen atoms in total. The Balaban J connectivity index is 2.71. The van der Waals surface area contributed by atoms with Crippen molar-refractivity contribution in [2.24, 2.45) is 17.8 Å². The fourth-order valence-electron chi connectivity index (χ4n) is 2.50. The van der Waals surface area contributed by atoms with Gasteiger partial charge in [-0.25, -0.2) is 13.1 Å². The summed E-state index contributed by atoms with van der Waals surface area (Å²) in [5.74, 6) is 1.83. The molecule has 0 atom stereocenters. The molecule has 0 radical (unpaired) electrons. The van der Waals surface area contributed by atoms with Crippen LogP contribution in [-0.2, 0) is 10.0 Å². The predicted molar refractivity (Wildman–Crippen MR) is 89.0 cm³/mol. The smallest absolute Gasteiger partial charge is 0.240 e. The molecule has 0 bridgehead atoms. The highest BCUT2D eigenvalue weighted by Gasteiger charge is 2.17. The molecule has 0 unspecified atom stereocenters. The molecule has 120 valence electrons. The third-order valence-corrected chi connectivity index (χ3v) is 5.31. The zero-order valence-corrected chi connectivity index (χ0v) is 14.5. The average molecular weight is 312 g/mol. The second kappa shape index (κ2) is 7.80. The van der Waals surface area contributed by atoms with Gasteiger partial charge in [-0.05, 0) is 42.0 Å². The summed E-state index contributed by atoms with van der Waals surface area (Å²) in [6.07, 6.45) is 0. The van der Waals surface area contributed by atoms with Gasteiger partial charge in [-0.1, -0.05) is 34.6 Å². The molecule has 2 N–H and O–H groups in total. The Labute approximate surface area is 129 Å². The first-order chi connectivity index (χ1) is 9.77. The summed E-state index contributed by atoms with van der Waals surface area (Å²) in [4.78, 5) is 0.305. The lowest BCUT2D eigenvalue weighted by Crippen LogP contribution is -2.25. The Morgan fingerprint density at radius 2 is 1.52 bits per heavy atom. The molecular formula is C16H28N2O2S. The molecule has 0 saturated carbocycles. The minimum absolute atomic E-state index is 0.305. The number of benzene rings is 1. The van der Waals surface area contributed by atoms with Crippen molar-refractivity contribution in [3.05, 3.63) is 24.3 Å². The molecule has 1 aromatic rings. The second-order valence-electron chi connectivity index (χ2n) is 6.06. The lowest BCUT2D eigenvalue weighted by atomic mass is 9.85. The molecule has 0 spiro atoms. The van der Waals surface area contributed by atoms with Crippen LogP contribution in [0.4, 0.5) is 5.69 Å². The van der Waals surface area contributed by atoms with E-state index in [2.05, 4.69) is 37.7 Å². The lowest BCUT2D eigenvalue weighted by molar-refractivity contribution is 0.304. The van der Waals surface area contributed by atoms with Crippen molar-refractivity contribution in [3.8, 4) is 0 Å². The molecule has 0 saturated heterocycles. The van der Waals surface area contributed by atoms with Crippen molar-refractivity contribution in [1.29, 1.82) is 0 Å². The minimum Gasteiger partial charge on any atom is -0.385 e. The number of hydrogen-bond donors (Lipinski definition) is 2. The van der Waals surface area contributed by atoms with Crippen LogP contribution in [0.15, 0.2) is 29.2 Å². The van der Waals surface area contributed by atoms with Gasteiger partial charge in [0.15, 0.2) is 0 Å². The molecular weight excluding hydrogens is 284 g/mol. The number of sulfonamides is 1. The Hall–Kier alpha value is -1.07. The first-order valence-electron chi connectivity index (χ1n) is 7.61. The topological polar surface area (TPSA) is 58.2 Å². The van der Waals surface area contributed by atoms with Crippen molar-refractivity contribution in [3.63, 3.8) is 0 Å². The summed E-state index contributed by atoms with van der Waals surface area (Å²) >= 11 is 0. The Bertz CT molecular complexity index is 514. The Kier molecular flexibility index (Phi) is 6.68. The number of hydrogen-bond acceptors (Lipinski definition) is 3. The van der Waals surface area contributed by atoms with Crippen LogP contribution >= 0.6 is 0 Å². The van der Waals surface area contributed by atoms with Gasteiger partial charge in [0.1, 0.15) is 0 Å². The number of nitrogens with one attached hydrogen (secondary N) is 2. The van der Waals surface area contributed by atoms with E-state index >= 15 is 0 Å². The monoisotopic (exact) mass is 312 g/mol. The van der Waals surface area contributed by atoms with E-state index in [0.29, 0.717) is 29.2 Å². The van der Waals surface area contributed by atoms with E-state index in [9.17, 15) is 8.42 Å². The van der Waals surface area contributed by atoms with Crippen LogP contribution in [0.5, 0.6) is 0 Å². The molecule has 0 heterocycles. The van der Waals surface area contributed by atoms with Gasteiger partial charge in [0.25, 0.3) is 0 Å².